The minimum atomic E-state index is -0.150. The highest BCUT2D eigenvalue weighted by atomic mass is 28.3. The predicted octanol–water partition coefficient (Wildman–Crippen LogP) is 1.65. The Labute approximate surface area is 40.5 Å². The van der Waals surface area contributed by atoms with Gasteiger partial charge in [0.2, 0.25) is 0 Å². The largest absolute Gasteiger partial charge is 0.269 e. The fourth-order valence-corrected chi connectivity index (χ4v) is 0. The van der Waals surface area contributed by atoms with Crippen molar-refractivity contribution >= 4 is 8.80 Å². The minimum absolute atomic E-state index is 0. The molecule has 0 nitrogen and oxygen atoms in total. The molecule has 0 saturated carbocycles. The second-order valence-electron chi connectivity index (χ2n) is 1.80. The van der Waals surface area contributed by atoms with Crippen molar-refractivity contribution in [2.75, 3.05) is 0 Å². The van der Waals surface area contributed by atoms with Crippen LogP contribution < -0.4 is 0 Å². The molecule has 2 heteroatoms. The van der Waals surface area contributed by atoms with E-state index in [1.165, 1.54) is 6.04 Å². The van der Waals surface area contributed by atoms with E-state index in [-0.39, 0.29) is 13.5 Å². The van der Waals surface area contributed by atoms with Crippen molar-refractivity contribution in [3.8, 4) is 0 Å². The summed E-state index contributed by atoms with van der Waals surface area (Å²) in [5.74, 6) is 0. The molecule has 0 aliphatic heterocycles. The smallest absolute Gasteiger partial charge is 0.0302 e. The first-order valence-corrected chi connectivity index (χ1v) is 5.40. The molecule has 0 unspecified atom stereocenters. The Bertz CT molecular complexity index is 21.5. The summed E-state index contributed by atoms with van der Waals surface area (Å²) in [6.45, 7) is 6.98. The Morgan fingerprint density at radius 3 is 1.50 bits per heavy atom. The lowest BCUT2D eigenvalue weighted by atomic mass is 11.0. The molecular formula is C4H13FSi. The van der Waals surface area contributed by atoms with Gasteiger partial charge in [-0.2, -0.15) is 0 Å². The monoisotopic (exact) mass is 108 g/mol. The van der Waals surface area contributed by atoms with Crippen LogP contribution in [0.1, 0.15) is 6.92 Å². The van der Waals surface area contributed by atoms with Gasteiger partial charge in [0.05, 0.1) is 0 Å². The highest BCUT2D eigenvalue weighted by molar-refractivity contribution is 6.55. The average Bonchev–Trinajstić information content (AvgIpc) is 1.38. The van der Waals surface area contributed by atoms with E-state index in [4.69, 9.17) is 0 Å². The van der Waals surface area contributed by atoms with Gasteiger partial charge in [-0.3, -0.25) is 4.70 Å². The molecular weight excluding hydrogens is 95.1 g/mol. The molecule has 40 valence electrons. The fraction of sp³-hybridized carbons (Fsp3) is 1.00. The van der Waals surface area contributed by atoms with Crippen LogP contribution in [0.4, 0.5) is 4.70 Å². The van der Waals surface area contributed by atoms with Crippen LogP contribution in [0.3, 0.4) is 0 Å². The minimum Gasteiger partial charge on any atom is -0.269 e. The van der Waals surface area contributed by atoms with Gasteiger partial charge in [-0.1, -0.05) is 26.1 Å². The highest BCUT2D eigenvalue weighted by Gasteiger charge is 1.82. The van der Waals surface area contributed by atoms with Gasteiger partial charge in [-0.05, 0) is 0 Å². The van der Waals surface area contributed by atoms with E-state index in [2.05, 4.69) is 20.0 Å². The lowest BCUT2D eigenvalue weighted by Crippen LogP contribution is -1.92. The molecule has 0 radical (unpaired) electrons. The van der Waals surface area contributed by atoms with Crippen LogP contribution >= 0.6 is 0 Å². The Balaban J connectivity index is 0. The normalized spacial score (nSPS) is 8.00. The molecule has 0 spiro atoms. The van der Waals surface area contributed by atoms with E-state index >= 15 is 0 Å². The summed E-state index contributed by atoms with van der Waals surface area (Å²) in [6.07, 6.45) is 0. The second kappa shape index (κ2) is 5.15. The maximum absolute atomic E-state index is 2.36. The van der Waals surface area contributed by atoms with E-state index < -0.39 is 0 Å². The maximum Gasteiger partial charge on any atom is 0.0302 e. The lowest BCUT2D eigenvalue weighted by molar-refractivity contribution is 1.11. The Morgan fingerprint density at radius 1 is 1.33 bits per heavy atom. The Hall–Kier alpha value is 0.147. The number of hydrogen-bond donors (Lipinski definition) is 0. The molecule has 0 aliphatic rings. The van der Waals surface area contributed by atoms with Crippen molar-refractivity contribution in [3.05, 3.63) is 0 Å². The molecule has 0 atom stereocenters. The van der Waals surface area contributed by atoms with Gasteiger partial charge in [0.25, 0.3) is 0 Å². The molecule has 0 rings (SSSR count). The number of hydrogen-bond acceptors (Lipinski definition) is 0. The number of halogens is 1. The standard InChI is InChI=1S/C4H12Si.FH/c1-4-5(2)3;/h5H,4H2,1-3H3;1H. The summed E-state index contributed by atoms with van der Waals surface area (Å²) < 4.78 is 0. The zero-order valence-electron chi connectivity index (χ0n) is 4.69. The summed E-state index contributed by atoms with van der Waals surface area (Å²) in [7, 11) is -0.150. The van der Waals surface area contributed by atoms with Crippen molar-refractivity contribution in [1.29, 1.82) is 0 Å². The highest BCUT2D eigenvalue weighted by Crippen LogP contribution is 1.83. The molecule has 0 saturated heterocycles. The van der Waals surface area contributed by atoms with Crippen molar-refractivity contribution in [3.63, 3.8) is 0 Å². The fourth-order valence-electron chi connectivity index (χ4n) is 0. The lowest BCUT2D eigenvalue weighted by Gasteiger charge is -1.87. The summed E-state index contributed by atoms with van der Waals surface area (Å²) in [5.41, 5.74) is 0. The molecule has 0 aliphatic carbocycles. The van der Waals surface area contributed by atoms with Crippen molar-refractivity contribution in [2.24, 2.45) is 0 Å². The third kappa shape index (κ3) is 8.91. The summed E-state index contributed by atoms with van der Waals surface area (Å²) in [6, 6.07) is 1.44. The third-order valence-electron chi connectivity index (χ3n) is 0.816. The molecule has 0 aromatic rings. The summed E-state index contributed by atoms with van der Waals surface area (Å²) in [5, 5.41) is 0. The predicted molar refractivity (Wildman–Crippen MR) is 31.9 cm³/mol. The van der Waals surface area contributed by atoms with Crippen LogP contribution in [-0.4, -0.2) is 8.80 Å². The van der Waals surface area contributed by atoms with Gasteiger partial charge in [-0.25, -0.2) is 0 Å². The summed E-state index contributed by atoms with van der Waals surface area (Å²) >= 11 is 0. The van der Waals surface area contributed by atoms with Crippen LogP contribution in [0.25, 0.3) is 0 Å². The van der Waals surface area contributed by atoms with Crippen molar-refractivity contribution in [1.82, 2.24) is 0 Å². The van der Waals surface area contributed by atoms with Gasteiger partial charge in [0, 0.05) is 8.80 Å². The average molecular weight is 108 g/mol. The Kier molecular flexibility index (Phi) is 8.12. The van der Waals surface area contributed by atoms with Crippen molar-refractivity contribution < 1.29 is 4.70 Å². The first kappa shape index (κ1) is 9.47. The van der Waals surface area contributed by atoms with Crippen LogP contribution in [0.5, 0.6) is 0 Å². The SMILES string of the molecule is CC[SiH](C)C.F. The van der Waals surface area contributed by atoms with Crippen LogP contribution in [0.2, 0.25) is 19.1 Å². The van der Waals surface area contributed by atoms with Gasteiger partial charge >= 0.3 is 0 Å². The zero-order valence-corrected chi connectivity index (χ0v) is 5.85. The van der Waals surface area contributed by atoms with Crippen LogP contribution in [-0.2, 0) is 0 Å². The molecule has 0 amide bonds. The number of rotatable bonds is 1. The Morgan fingerprint density at radius 2 is 1.50 bits per heavy atom. The first-order valence-electron chi connectivity index (χ1n) is 2.27. The third-order valence-corrected chi connectivity index (χ3v) is 2.45. The molecule has 0 aromatic heterocycles. The quantitative estimate of drug-likeness (QED) is 0.448. The first-order chi connectivity index (χ1) is 2.27. The van der Waals surface area contributed by atoms with E-state index in [0.29, 0.717) is 0 Å². The molecule has 0 heterocycles. The van der Waals surface area contributed by atoms with Gasteiger partial charge in [0.15, 0.2) is 0 Å². The molecule has 0 aromatic carbocycles. The van der Waals surface area contributed by atoms with Crippen LogP contribution in [0, 0.1) is 0 Å². The van der Waals surface area contributed by atoms with Crippen LogP contribution in [0.15, 0.2) is 0 Å². The topological polar surface area (TPSA) is 0 Å². The van der Waals surface area contributed by atoms with Gasteiger partial charge in [0.1, 0.15) is 0 Å². The molecule has 0 N–H and O–H groups in total. The zero-order chi connectivity index (χ0) is 4.28. The second-order valence-corrected chi connectivity index (χ2v) is 5.41. The van der Waals surface area contributed by atoms with E-state index in [9.17, 15) is 0 Å². The molecule has 6 heavy (non-hydrogen) atoms. The van der Waals surface area contributed by atoms with Crippen molar-refractivity contribution in [2.45, 2.75) is 26.1 Å². The molecule has 0 fully saturated rings. The van der Waals surface area contributed by atoms with Gasteiger partial charge in [-0.15, -0.1) is 0 Å². The van der Waals surface area contributed by atoms with E-state index in [1.807, 2.05) is 0 Å². The molecule has 0 bridgehead atoms. The van der Waals surface area contributed by atoms with E-state index in [1.54, 1.807) is 0 Å². The maximum atomic E-state index is 2.36. The van der Waals surface area contributed by atoms with E-state index in [0.717, 1.165) is 0 Å². The van der Waals surface area contributed by atoms with Gasteiger partial charge < -0.3 is 0 Å². The summed E-state index contributed by atoms with van der Waals surface area (Å²) in [4.78, 5) is 0.